The number of nitrogens with zero attached hydrogens (tertiary/aromatic N) is 3. The molecule has 1 unspecified atom stereocenters. The van der Waals surface area contributed by atoms with E-state index in [1.165, 1.54) is 6.33 Å². The third kappa shape index (κ3) is 3.16. The lowest BCUT2D eigenvalue weighted by atomic mass is 10.0. The lowest BCUT2D eigenvalue weighted by molar-refractivity contribution is 0.496. The van der Waals surface area contributed by atoms with Crippen LogP contribution >= 0.6 is 11.6 Å². The van der Waals surface area contributed by atoms with Crippen LogP contribution in [0, 0.1) is 5.82 Å². The zero-order valence-corrected chi connectivity index (χ0v) is 12.4. The van der Waals surface area contributed by atoms with E-state index in [1.807, 2.05) is 4.68 Å². The van der Waals surface area contributed by atoms with Crippen molar-refractivity contribution in [2.24, 2.45) is 0 Å². The van der Waals surface area contributed by atoms with Gasteiger partial charge >= 0.3 is 0 Å². The Morgan fingerprint density at radius 2 is 2.25 bits per heavy atom. The first-order chi connectivity index (χ1) is 9.67. The minimum absolute atomic E-state index is 0.137. The lowest BCUT2D eigenvalue weighted by Gasteiger charge is -2.17. The van der Waals surface area contributed by atoms with Gasteiger partial charge in [0.1, 0.15) is 18.0 Å². The molecule has 20 heavy (non-hydrogen) atoms. The molecule has 0 radical (unpaired) electrons. The predicted molar refractivity (Wildman–Crippen MR) is 77.2 cm³/mol. The van der Waals surface area contributed by atoms with Gasteiger partial charge < -0.3 is 5.32 Å². The maximum atomic E-state index is 14.1. The van der Waals surface area contributed by atoms with Gasteiger partial charge in [0.05, 0.1) is 5.02 Å². The molecular weight excluding hydrogens is 279 g/mol. The zero-order chi connectivity index (χ0) is 14.5. The summed E-state index contributed by atoms with van der Waals surface area (Å²) >= 11 is 5.84. The third-order valence-electron chi connectivity index (χ3n) is 3.22. The van der Waals surface area contributed by atoms with E-state index in [1.54, 1.807) is 25.2 Å². The van der Waals surface area contributed by atoms with Gasteiger partial charge in [0, 0.05) is 24.6 Å². The largest absolute Gasteiger partial charge is 0.313 e. The number of halogens is 2. The molecule has 1 atom stereocenters. The predicted octanol–water partition coefficient (Wildman–Crippen LogP) is 2.98. The van der Waals surface area contributed by atoms with Crippen molar-refractivity contribution >= 4 is 11.6 Å². The van der Waals surface area contributed by atoms with Crippen LogP contribution < -0.4 is 5.32 Å². The lowest BCUT2D eigenvalue weighted by Crippen LogP contribution is -2.22. The van der Waals surface area contributed by atoms with Crippen LogP contribution in [-0.4, -0.2) is 21.8 Å². The summed E-state index contributed by atoms with van der Waals surface area (Å²) in [6, 6.07) is 4.85. The second-order valence-electron chi connectivity index (χ2n) is 4.59. The highest BCUT2D eigenvalue weighted by atomic mass is 35.5. The third-order valence-corrected chi connectivity index (χ3v) is 3.52. The van der Waals surface area contributed by atoms with Gasteiger partial charge in [0.2, 0.25) is 0 Å². The quantitative estimate of drug-likeness (QED) is 0.891. The number of aromatic nitrogens is 3. The average Bonchev–Trinajstić information content (AvgIpc) is 2.87. The van der Waals surface area contributed by atoms with E-state index < -0.39 is 0 Å². The number of aryl methyl sites for hydroxylation is 1. The molecular formula is C14H18ClFN4. The SMILES string of the molecule is CCCn1ncnc1CC(NC)c1cccc(Cl)c1F. The molecule has 0 aliphatic rings. The maximum Gasteiger partial charge on any atom is 0.146 e. The molecule has 0 fully saturated rings. The van der Waals surface area contributed by atoms with Crippen molar-refractivity contribution in [3.63, 3.8) is 0 Å². The molecule has 0 saturated carbocycles. The Kier molecular flexibility index (Phi) is 5.09. The average molecular weight is 297 g/mol. The fraction of sp³-hybridized carbons (Fsp3) is 0.429. The number of hydrogen-bond acceptors (Lipinski definition) is 3. The normalized spacial score (nSPS) is 12.6. The topological polar surface area (TPSA) is 42.7 Å². The van der Waals surface area contributed by atoms with Crippen LogP contribution in [0.3, 0.4) is 0 Å². The molecule has 2 rings (SSSR count). The molecule has 108 valence electrons. The van der Waals surface area contributed by atoms with E-state index in [0.717, 1.165) is 18.8 Å². The highest BCUT2D eigenvalue weighted by molar-refractivity contribution is 6.30. The van der Waals surface area contributed by atoms with Gasteiger partial charge in [0.25, 0.3) is 0 Å². The first-order valence-corrected chi connectivity index (χ1v) is 7.03. The van der Waals surface area contributed by atoms with Crippen LogP contribution in [0.5, 0.6) is 0 Å². The molecule has 2 aromatic rings. The standard InChI is InChI=1S/C14H18ClFN4/c1-3-7-20-13(18-9-19-20)8-12(17-2)10-5-4-6-11(15)14(10)16/h4-6,9,12,17H,3,7-8H2,1-2H3. The van der Waals surface area contributed by atoms with Gasteiger partial charge in [-0.05, 0) is 19.5 Å². The molecule has 1 N–H and O–H groups in total. The van der Waals surface area contributed by atoms with E-state index in [2.05, 4.69) is 22.3 Å². The smallest absolute Gasteiger partial charge is 0.146 e. The Balaban J connectivity index is 2.24. The van der Waals surface area contributed by atoms with Crippen molar-refractivity contribution in [2.75, 3.05) is 7.05 Å². The van der Waals surface area contributed by atoms with Gasteiger partial charge in [-0.3, -0.25) is 4.68 Å². The van der Waals surface area contributed by atoms with Crippen LogP contribution in [-0.2, 0) is 13.0 Å². The van der Waals surface area contributed by atoms with Crippen LogP contribution in [0.1, 0.15) is 30.8 Å². The highest BCUT2D eigenvalue weighted by Crippen LogP contribution is 2.25. The monoisotopic (exact) mass is 296 g/mol. The van der Waals surface area contributed by atoms with Crippen molar-refractivity contribution < 1.29 is 4.39 Å². The molecule has 0 bridgehead atoms. The van der Waals surface area contributed by atoms with Gasteiger partial charge in [-0.2, -0.15) is 5.10 Å². The first kappa shape index (κ1) is 14.9. The molecule has 1 heterocycles. The number of benzene rings is 1. The van der Waals surface area contributed by atoms with Crippen LogP contribution in [0.15, 0.2) is 24.5 Å². The van der Waals surface area contributed by atoms with E-state index in [-0.39, 0.29) is 16.9 Å². The Hall–Kier alpha value is -1.46. The Labute approximate surface area is 123 Å². The van der Waals surface area contributed by atoms with Crippen molar-refractivity contribution in [2.45, 2.75) is 32.4 Å². The zero-order valence-electron chi connectivity index (χ0n) is 11.6. The summed E-state index contributed by atoms with van der Waals surface area (Å²) in [6.07, 6.45) is 3.08. The molecule has 0 amide bonds. The van der Waals surface area contributed by atoms with Crippen molar-refractivity contribution in [3.05, 3.63) is 46.8 Å². The Morgan fingerprint density at radius 3 is 2.95 bits per heavy atom. The molecule has 1 aromatic heterocycles. The molecule has 4 nitrogen and oxygen atoms in total. The minimum atomic E-state index is -0.380. The fourth-order valence-electron chi connectivity index (χ4n) is 2.18. The van der Waals surface area contributed by atoms with Crippen molar-refractivity contribution in [3.8, 4) is 0 Å². The molecule has 0 aliphatic carbocycles. The fourth-order valence-corrected chi connectivity index (χ4v) is 2.37. The van der Waals surface area contributed by atoms with Crippen LogP contribution in [0.2, 0.25) is 5.02 Å². The van der Waals surface area contributed by atoms with E-state index in [0.29, 0.717) is 12.0 Å². The van der Waals surface area contributed by atoms with Crippen LogP contribution in [0.4, 0.5) is 4.39 Å². The highest BCUT2D eigenvalue weighted by Gasteiger charge is 2.18. The summed E-state index contributed by atoms with van der Waals surface area (Å²) in [4.78, 5) is 4.26. The summed E-state index contributed by atoms with van der Waals surface area (Å²) < 4.78 is 16.0. The molecule has 1 aromatic carbocycles. The summed E-state index contributed by atoms with van der Waals surface area (Å²) in [5.41, 5.74) is 0.547. The number of rotatable bonds is 6. The van der Waals surface area contributed by atoms with Gasteiger partial charge in [-0.15, -0.1) is 0 Å². The number of nitrogens with one attached hydrogen (secondary N) is 1. The second-order valence-corrected chi connectivity index (χ2v) is 5.00. The summed E-state index contributed by atoms with van der Waals surface area (Å²) in [5.74, 6) is 0.459. The maximum absolute atomic E-state index is 14.1. The summed E-state index contributed by atoms with van der Waals surface area (Å²) in [5, 5.41) is 7.44. The molecule has 0 spiro atoms. The summed E-state index contributed by atoms with van der Waals surface area (Å²) in [7, 11) is 1.80. The Morgan fingerprint density at radius 1 is 1.45 bits per heavy atom. The first-order valence-electron chi connectivity index (χ1n) is 6.65. The van der Waals surface area contributed by atoms with E-state index >= 15 is 0 Å². The second kappa shape index (κ2) is 6.81. The van der Waals surface area contributed by atoms with Gasteiger partial charge in [-0.25, -0.2) is 9.37 Å². The van der Waals surface area contributed by atoms with E-state index in [4.69, 9.17) is 11.6 Å². The minimum Gasteiger partial charge on any atom is -0.313 e. The molecule has 0 aliphatic heterocycles. The van der Waals surface area contributed by atoms with Crippen LogP contribution in [0.25, 0.3) is 0 Å². The molecule has 0 saturated heterocycles. The van der Waals surface area contributed by atoms with Crippen molar-refractivity contribution in [1.29, 1.82) is 0 Å². The van der Waals surface area contributed by atoms with Gasteiger partial charge in [-0.1, -0.05) is 30.7 Å². The Bertz CT molecular complexity index is 570. The van der Waals surface area contributed by atoms with Gasteiger partial charge in [0.15, 0.2) is 0 Å². The van der Waals surface area contributed by atoms with Crippen molar-refractivity contribution in [1.82, 2.24) is 20.1 Å². The summed E-state index contributed by atoms with van der Waals surface area (Å²) in [6.45, 7) is 2.89. The molecule has 6 heteroatoms. The van der Waals surface area contributed by atoms with E-state index in [9.17, 15) is 4.39 Å². The number of likely N-dealkylation sites (N-methyl/N-ethyl adjacent to an activating group) is 1. The number of hydrogen-bond donors (Lipinski definition) is 1.